The SMILES string of the molecule is COc1c(Cl)cc(C(=O)NC(=S)Nc2ccc(-c3ccc(CO)o3)cc2)cc1Cl. The van der Waals surface area contributed by atoms with Crippen LogP contribution >= 0.6 is 35.4 Å². The van der Waals surface area contributed by atoms with Crippen LogP contribution in [0.5, 0.6) is 5.75 Å². The van der Waals surface area contributed by atoms with Gasteiger partial charge in [0.25, 0.3) is 5.91 Å². The lowest BCUT2D eigenvalue weighted by atomic mass is 10.1. The maximum Gasteiger partial charge on any atom is 0.257 e. The van der Waals surface area contributed by atoms with Crippen molar-refractivity contribution in [3.8, 4) is 17.1 Å². The number of aliphatic hydroxyl groups excluding tert-OH is 1. The van der Waals surface area contributed by atoms with E-state index in [1.165, 1.54) is 19.2 Å². The fourth-order valence-electron chi connectivity index (χ4n) is 2.56. The highest BCUT2D eigenvalue weighted by Gasteiger charge is 2.14. The Balaban J connectivity index is 1.64. The van der Waals surface area contributed by atoms with Crippen LogP contribution in [0.2, 0.25) is 10.0 Å². The summed E-state index contributed by atoms with van der Waals surface area (Å²) in [4.78, 5) is 12.4. The Kier molecular flexibility index (Phi) is 6.76. The minimum Gasteiger partial charge on any atom is -0.494 e. The molecular weight excluding hydrogens is 435 g/mol. The van der Waals surface area contributed by atoms with E-state index in [1.54, 1.807) is 24.3 Å². The number of thiocarbonyl (C=S) groups is 1. The van der Waals surface area contributed by atoms with Crippen molar-refractivity contribution in [2.24, 2.45) is 0 Å². The molecule has 0 aliphatic rings. The molecule has 3 rings (SSSR count). The number of anilines is 1. The number of methoxy groups -OCH3 is 1. The molecule has 9 heteroatoms. The lowest BCUT2D eigenvalue weighted by molar-refractivity contribution is 0.0977. The van der Waals surface area contributed by atoms with E-state index in [1.807, 2.05) is 12.1 Å². The van der Waals surface area contributed by atoms with Gasteiger partial charge in [-0.25, -0.2) is 0 Å². The number of amides is 1. The Morgan fingerprint density at radius 2 is 1.79 bits per heavy atom. The Bertz CT molecular complexity index is 1030. The Morgan fingerprint density at radius 1 is 1.14 bits per heavy atom. The van der Waals surface area contributed by atoms with E-state index in [0.717, 1.165) is 5.56 Å². The van der Waals surface area contributed by atoms with Crippen LogP contribution in [-0.4, -0.2) is 23.2 Å². The van der Waals surface area contributed by atoms with Crippen LogP contribution in [0.1, 0.15) is 16.1 Å². The van der Waals surface area contributed by atoms with E-state index in [0.29, 0.717) is 23.0 Å². The molecular formula is C20H16Cl2N2O4S. The summed E-state index contributed by atoms with van der Waals surface area (Å²) in [5.41, 5.74) is 1.77. The third kappa shape index (κ3) is 5.07. The minimum atomic E-state index is -0.460. The second-order valence-corrected chi connectivity index (χ2v) is 7.11. The normalized spacial score (nSPS) is 10.5. The summed E-state index contributed by atoms with van der Waals surface area (Å²) in [6.45, 7) is -0.155. The maximum absolute atomic E-state index is 12.4. The number of furan rings is 1. The zero-order valence-electron chi connectivity index (χ0n) is 15.2. The minimum absolute atomic E-state index is 0.117. The van der Waals surface area contributed by atoms with Gasteiger partial charge in [-0.3, -0.25) is 10.1 Å². The molecule has 3 N–H and O–H groups in total. The van der Waals surface area contributed by atoms with Crippen molar-refractivity contribution < 1.29 is 19.1 Å². The van der Waals surface area contributed by atoms with E-state index in [2.05, 4.69) is 10.6 Å². The first kappa shape index (κ1) is 21.1. The number of aliphatic hydroxyl groups is 1. The van der Waals surface area contributed by atoms with Gasteiger partial charge in [0.1, 0.15) is 18.1 Å². The molecule has 0 atom stereocenters. The Labute approximate surface area is 182 Å². The molecule has 0 saturated heterocycles. The summed E-state index contributed by atoms with van der Waals surface area (Å²) in [7, 11) is 1.44. The zero-order valence-corrected chi connectivity index (χ0v) is 17.5. The molecule has 0 aliphatic carbocycles. The summed E-state index contributed by atoms with van der Waals surface area (Å²) < 4.78 is 10.6. The van der Waals surface area contributed by atoms with Crippen LogP contribution in [0.25, 0.3) is 11.3 Å². The summed E-state index contributed by atoms with van der Waals surface area (Å²) in [6, 6.07) is 13.6. The fraction of sp³-hybridized carbons (Fsp3) is 0.100. The number of carbonyl (C=O) groups excluding carboxylic acids is 1. The number of rotatable bonds is 5. The van der Waals surface area contributed by atoms with Gasteiger partial charge < -0.3 is 19.6 Å². The van der Waals surface area contributed by atoms with Crippen LogP contribution in [0, 0.1) is 0 Å². The van der Waals surface area contributed by atoms with Crippen molar-refractivity contribution in [2.75, 3.05) is 12.4 Å². The van der Waals surface area contributed by atoms with Crippen molar-refractivity contribution in [3.05, 3.63) is 69.9 Å². The molecule has 0 fully saturated rings. The molecule has 0 spiro atoms. The summed E-state index contributed by atoms with van der Waals surface area (Å²) in [5, 5.41) is 15.1. The quantitative estimate of drug-likeness (QED) is 0.480. The van der Waals surface area contributed by atoms with E-state index in [-0.39, 0.29) is 27.3 Å². The molecule has 0 aliphatic heterocycles. The fourth-order valence-corrected chi connectivity index (χ4v) is 3.41. The number of halogens is 2. The lowest BCUT2D eigenvalue weighted by Gasteiger charge is -2.11. The molecule has 0 radical (unpaired) electrons. The topological polar surface area (TPSA) is 83.7 Å². The van der Waals surface area contributed by atoms with E-state index >= 15 is 0 Å². The number of nitrogens with one attached hydrogen (secondary N) is 2. The molecule has 3 aromatic rings. The van der Waals surface area contributed by atoms with Crippen molar-refractivity contribution in [2.45, 2.75) is 6.61 Å². The van der Waals surface area contributed by atoms with Crippen molar-refractivity contribution in [1.29, 1.82) is 0 Å². The zero-order chi connectivity index (χ0) is 21.0. The molecule has 1 heterocycles. The highest BCUT2D eigenvalue weighted by Crippen LogP contribution is 2.33. The molecule has 0 saturated carbocycles. The van der Waals surface area contributed by atoms with Crippen LogP contribution in [0.4, 0.5) is 5.69 Å². The summed E-state index contributed by atoms with van der Waals surface area (Å²) >= 11 is 17.3. The number of ether oxygens (including phenoxy) is 1. The summed E-state index contributed by atoms with van der Waals surface area (Å²) in [5.74, 6) is 0.973. The van der Waals surface area contributed by atoms with Crippen molar-refractivity contribution in [1.82, 2.24) is 5.32 Å². The molecule has 1 amide bonds. The number of hydrogen-bond donors (Lipinski definition) is 3. The van der Waals surface area contributed by atoms with Gasteiger partial charge in [0.2, 0.25) is 0 Å². The molecule has 2 aromatic carbocycles. The van der Waals surface area contributed by atoms with Crippen LogP contribution in [-0.2, 0) is 6.61 Å². The monoisotopic (exact) mass is 450 g/mol. The third-order valence-electron chi connectivity index (χ3n) is 3.94. The van der Waals surface area contributed by atoms with Crippen molar-refractivity contribution in [3.63, 3.8) is 0 Å². The average Bonchev–Trinajstić information content (AvgIpc) is 3.17. The maximum atomic E-state index is 12.4. The van der Waals surface area contributed by atoms with E-state index in [4.69, 9.17) is 49.7 Å². The van der Waals surface area contributed by atoms with Crippen LogP contribution < -0.4 is 15.4 Å². The predicted octanol–water partition coefficient (Wildman–Crippen LogP) is 4.88. The van der Waals surface area contributed by atoms with Crippen molar-refractivity contribution >= 4 is 52.1 Å². The molecule has 6 nitrogen and oxygen atoms in total. The second kappa shape index (κ2) is 9.28. The highest BCUT2D eigenvalue weighted by atomic mass is 35.5. The first-order chi connectivity index (χ1) is 13.9. The molecule has 29 heavy (non-hydrogen) atoms. The Morgan fingerprint density at radius 3 is 2.34 bits per heavy atom. The second-order valence-electron chi connectivity index (χ2n) is 5.88. The molecule has 150 valence electrons. The molecule has 1 aromatic heterocycles. The average molecular weight is 451 g/mol. The summed E-state index contributed by atoms with van der Waals surface area (Å²) in [6.07, 6.45) is 0. The van der Waals surface area contributed by atoms with Gasteiger partial charge in [-0.05, 0) is 60.7 Å². The van der Waals surface area contributed by atoms with Gasteiger partial charge in [-0.15, -0.1) is 0 Å². The van der Waals surface area contributed by atoms with Crippen LogP contribution in [0.15, 0.2) is 52.9 Å². The smallest absolute Gasteiger partial charge is 0.257 e. The Hall–Kier alpha value is -2.58. The first-order valence-electron chi connectivity index (χ1n) is 8.36. The number of benzene rings is 2. The molecule has 0 bridgehead atoms. The van der Waals surface area contributed by atoms with Gasteiger partial charge in [0, 0.05) is 16.8 Å². The predicted molar refractivity (Wildman–Crippen MR) is 117 cm³/mol. The highest BCUT2D eigenvalue weighted by molar-refractivity contribution is 7.80. The number of hydrogen-bond acceptors (Lipinski definition) is 5. The largest absolute Gasteiger partial charge is 0.494 e. The number of carbonyl (C=O) groups is 1. The lowest BCUT2D eigenvalue weighted by Crippen LogP contribution is -2.34. The van der Waals surface area contributed by atoms with Gasteiger partial charge in [0.15, 0.2) is 10.9 Å². The standard InChI is InChI=1S/C20H16Cl2N2O4S/c1-27-18-15(21)8-12(9-16(18)22)19(26)24-20(29)23-13-4-2-11(3-5-13)17-7-6-14(10-25)28-17/h2-9,25H,10H2,1H3,(H2,23,24,26,29). The van der Waals surface area contributed by atoms with E-state index < -0.39 is 5.91 Å². The van der Waals surface area contributed by atoms with Gasteiger partial charge >= 0.3 is 0 Å². The third-order valence-corrected chi connectivity index (χ3v) is 4.70. The van der Waals surface area contributed by atoms with Gasteiger partial charge in [-0.2, -0.15) is 0 Å². The van der Waals surface area contributed by atoms with Crippen LogP contribution in [0.3, 0.4) is 0 Å². The van der Waals surface area contributed by atoms with E-state index in [9.17, 15) is 4.79 Å². The molecule has 0 unspecified atom stereocenters. The van der Waals surface area contributed by atoms with Gasteiger partial charge in [0.05, 0.1) is 17.2 Å². The first-order valence-corrected chi connectivity index (χ1v) is 9.53. The van der Waals surface area contributed by atoms with Gasteiger partial charge in [-0.1, -0.05) is 23.2 Å².